The van der Waals surface area contributed by atoms with Crippen LogP contribution in [0.3, 0.4) is 0 Å². The number of carboxylic acids is 1. The number of aryl methyl sites for hydroxylation is 1. The SMILES string of the molecule is CCCCc1[nH][nH]c(=O)c1Cc1ccc(-c2ccccc2C(=O)O)cc1. The number of hydrogen-bond acceptors (Lipinski definition) is 2. The van der Waals surface area contributed by atoms with E-state index in [4.69, 9.17) is 0 Å². The van der Waals surface area contributed by atoms with E-state index in [1.54, 1.807) is 18.2 Å². The zero-order valence-electron chi connectivity index (χ0n) is 14.7. The van der Waals surface area contributed by atoms with Crippen LogP contribution < -0.4 is 5.56 Å². The van der Waals surface area contributed by atoms with Gasteiger partial charge in [0.05, 0.1) is 5.56 Å². The molecule has 0 atom stereocenters. The van der Waals surface area contributed by atoms with Crippen LogP contribution in [0.5, 0.6) is 0 Å². The Morgan fingerprint density at radius 1 is 1.04 bits per heavy atom. The quantitative estimate of drug-likeness (QED) is 0.602. The molecule has 0 aliphatic carbocycles. The number of aromatic amines is 2. The lowest BCUT2D eigenvalue weighted by atomic mass is 9.97. The van der Waals surface area contributed by atoms with Gasteiger partial charge < -0.3 is 10.2 Å². The van der Waals surface area contributed by atoms with Gasteiger partial charge in [-0.15, -0.1) is 0 Å². The number of carboxylic acid groups (broad SMARTS) is 1. The first kappa shape index (κ1) is 17.7. The minimum atomic E-state index is -0.941. The van der Waals surface area contributed by atoms with E-state index in [1.165, 1.54) is 0 Å². The molecule has 0 radical (unpaired) electrons. The number of unbranched alkanes of at least 4 members (excludes halogenated alkanes) is 1. The van der Waals surface area contributed by atoms with Gasteiger partial charge >= 0.3 is 5.97 Å². The standard InChI is InChI=1S/C21H22N2O3/c1-2-3-8-19-18(20(24)23-22-19)13-14-9-11-15(12-10-14)16-6-4-5-7-17(16)21(25)26/h4-7,9-12H,2-3,8,13H2,1H3,(H,25,26)(H2,22,23,24). The molecule has 134 valence electrons. The smallest absolute Gasteiger partial charge is 0.336 e. The van der Waals surface area contributed by atoms with Crippen molar-refractivity contribution in [2.24, 2.45) is 0 Å². The highest BCUT2D eigenvalue weighted by molar-refractivity contribution is 5.95. The van der Waals surface area contributed by atoms with E-state index >= 15 is 0 Å². The van der Waals surface area contributed by atoms with Crippen LogP contribution in [0.15, 0.2) is 53.3 Å². The number of hydrogen-bond donors (Lipinski definition) is 3. The largest absolute Gasteiger partial charge is 0.478 e. The van der Waals surface area contributed by atoms with Gasteiger partial charge in [-0.2, -0.15) is 0 Å². The Labute approximate surface area is 151 Å². The number of aromatic carboxylic acids is 1. The van der Waals surface area contributed by atoms with Gasteiger partial charge in [-0.25, -0.2) is 4.79 Å². The third kappa shape index (κ3) is 3.77. The van der Waals surface area contributed by atoms with Gasteiger partial charge in [-0.1, -0.05) is 55.8 Å². The molecule has 5 nitrogen and oxygen atoms in total. The van der Waals surface area contributed by atoms with Crippen LogP contribution in [0.4, 0.5) is 0 Å². The third-order valence-corrected chi connectivity index (χ3v) is 4.55. The first-order valence-electron chi connectivity index (χ1n) is 8.80. The molecule has 1 aromatic heterocycles. The molecule has 0 aliphatic rings. The minimum absolute atomic E-state index is 0.0728. The number of carbonyl (C=O) groups is 1. The van der Waals surface area contributed by atoms with E-state index in [0.717, 1.165) is 41.6 Å². The Kier molecular flexibility index (Phi) is 5.37. The first-order valence-corrected chi connectivity index (χ1v) is 8.80. The number of aromatic nitrogens is 2. The molecule has 0 amide bonds. The van der Waals surface area contributed by atoms with Crippen molar-refractivity contribution in [3.63, 3.8) is 0 Å². The zero-order valence-corrected chi connectivity index (χ0v) is 14.7. The predicted octanol–water partition coefficient (Wildman–Crippen LogP) is 4.00. The Morgan fingerprint density at radius 2 is 1.77 bits per heavy atom. The van der Waals surface area contributed by atoms with Crippen molar-refractivity contribution in [1.82, 2.24) is 10.2 Å². The Bertz CT molecular complexity index is 952. The number of rotatable bonds is 7. The maximum Gasteiger partial charge on any atom is 0.336 e. The fourth-order valence-electron chi connectivity index (χ4n) is 3.10. The van der Waals surface area contributed by atoms with Crippen LogP contribution in [-0.2, 0) is 12.8 Å². The summed E-state index contributed by atoms with van der Waals surface area (Å²) in [5, 5.41) is 15.0. The summed E-state index contributed by atoms with van der Waals surface area (Å²) in [5.41, 5.74) is 4.51. The Balaban J connectivity index is 1.85. The molecule has 0 unspecified atom stereocenters. The lowest BCUT2D eigenvalue weighted by Gasteiger charge is -2.08. The van der Waals surface area contributed by atoms with Gasteiger partial charge in [0.2, 0.25) is 0 Å². The highest BCUT2D eigenvalue weighted by atomic mass is 16.4. The van der Waals surface area contributed by atoms with Crippen molar-refractivity contribution >= 4 is 5.97 Å². The topological polar surface area (TPSA) is 86.0 Å². The van der Waals surface area contributed by atoms with Crippen molar-refractivity contribution in [3.05, 3.63) is 81.3 Å². The van der Waals surface area contributed by atoms with Crippen molar-refractivity contribution < 1.29 is 9.90 Å². The van der Waals surface area contributed by atoms with Gasteiger partial charge in [0.15, 0.2) is 0 Å². The van der Waals surface area contributed by atoms with Crippen molar-refractivity contribution in [2.75, 3.05) is 0 Å². The lowest BCUT2D eigenvalue weighted by Crippen LogP contribution is -2.07. The molecule has 3 N–H and O–H groups in total. The summed E-state index contributed by atoms with van der Waals surface area (Å²) < 4.78 is 0. The van der Waals surface area contributed by atoms with E-state index in [0.29, 0.717) is 12.0 Å². The minimum Gasteiger partial charge on any atom is -0.478 e. The van der Waals surface area contributed by atoms with Crippen LogP contribution in [0.25, 0.3) is 11.1 Å². The average molecular weight is 350 g/mol. The maximum atomic E-state index is 12.1. The molecule has 2 aromatic carbocycles. The van der Waals surface area contributed by atoms with E-state index in [1.807, 2.05) is 30.3 Å². The van der Waals surface area contributed by atoms with Crippen molar-refractivity contribution in [1.29, 1.82) is 0 Å². The molecule has 5 heteroatoms. The average Bonchev–Trinajstić information content (AvgIpc) is 3.00. The molecule has 0 bridgehead atoms. The summed E-state index contributed by atoms with van der Waals surface area (Å²) in [7, 11) is 0. The molecule has 26 heavy (non-hydrogen) atoms. The van der Waals surface area contributed by atoms with Gasteiger partial charge in [-0.3, -0.25) is 9.89 Å². The summed E-state index contributed by atoms with van der Waals surface area (Å²) in [4.78, 5) is 23.5. The molecule has 3 rings (SSSR count). The second-order valence-corrected chi connectivity index (χ2v) is 6.36. The normalized spacial score (nSPS) is 10.8. The zero-order chi connectivity index (χ0) is 18.5. The van der Waals surface area contributed by atoms with Gasteiger partial charge in [0.1, 0.15) is 0 Å². The molecule has 0 spiro atoms. The molecule has 0 saturated carbocycles. The fraction of sp³-hybridized carbons (Fsp3) is 0.238. The number of nitrogens with one attached hydrogen (secondary N) is 2. The maximum absolute atomic E-state index is 12.1. The third-order valence-electron chi connectivity index (χ3n) is 4.55. The summed E-state index contributed by atoms with van der Waals surface area (Å²) in [5.74, 6) is -0.941. The van der Waals surface area contributed by atoms with Crippen LogP contribution >= 0.6 is 0 Å². The number of H-pyrrole nitrogens is 2. The highest BCUT2D eigenvalue weighted by Gasteiger charge is 2.12. The van der Waals surface area contributed by atoms with E-state index in [-0.39, 0.29) is 11.1 Å². The summed E-state index contributed by atoms with van der Waals surface area (Å²) in [6.45, 7) is 2.12. The highest BCUT2D eigenvalue weighted by Crippen LogP contribution is 2.24. The van der Waals surface area contributed by atoms with Crippen molar-refractivity contribution in [3.8, 4) is 11.1 Å². The van der Waals surface area contributed by atoms with Gasteiger partial charge in [-0.05, 0) is 35.6 Å². The first-order chi connectivity index (χ1) is 12.6. The van der Waals surface area contributed by atoms with Crippen LogP contribution in [-0.4, -0.2) is 21.3 Å². The molecule has 1 heterocycles. The van der Waals surface area contributed by atoms with Crippen LogP contribution in [0.2, 0.25) is 0 Å². The summed E-state index contributed by atoms with van der Waals surface area (Å²) >= 11 is 0. The predicted molar refractivity (Wildman–Crippen MR) is 102 cm³/mol. The van der Waals surface area contributed by atoms with Crippen LogP contribution in [0.1, 0.15) is 46.9 Å². The summed E-state index contributed by atoms with van der Waals surface area (Å²) in [6.07, 6.45) is 3.52. The molecule has 0 fully saturated rings. The Hall–Kier alpha value is -3.08. The van der Waals surface area contributed by atoms with Gasteiger partial charge in [0, 0.05) is 17.7 Å². The second kappa shape index (κ2) is 7.87. The summed E-state index contributed by atoms with van der Waals surface area (Å²) in [6, 6.07) is 14.7. The molecular weight excluding hydrogens is 328 g/mol. The monoisotopic (exact) mass is 350 g/mol. The molecule has 3 aromatic rings. The van der Waals surface area contributed by atoms with E-state index < -0.39 is 5.97 Å². The Morgan fingerprint density at radius 3 is 2.46 bits per heavy atom. The molecule has 0 aliphatic heterocycles. The second-order valence-electron chi connectivity index (χ2n) is 6.36. The number of benzene rings is 2. The molecule has 0 saturated heterocycles. The van der Waals surface area contributed by atoms with Crippen molar-refractivity contribution in [2.45, 2.75) is 32.6 Å². The fourth-order valence-corrected chi connectivity index (χ4v) is 3.10. The lowest BCUT2D eigenvalue weighted by molar-refractivity contribution is 0.0697. The van der Waals surface area contributed by atoms with E-state index in [9.17, 15) is 14.7 Å². The molecular formula is C21H22N2O3. The van der Waals surface area contributed by atoms with Crippen LogP contribution in [0, 0.1) is 0 Å². The van der Waals surface area contributed by atoms with Gasteiger partial charge in [0.25, 0.3) is 5.56 Å². The van der Waals surface area contributed by atoms with E-state index in [2.05, 4.69) is 17.1 Å².